The molecule has 5 atom stereocenters. The summed E-state index contributed by atoms with van der Waals surface area (Å²) in [4.78, 5) is 27.0. The Balaban J connectivity index is 2.29. The lowest BCUT2D eigenvalue weighted by Crippen LogP contribution is -2.64. The Bertz CT molecular complexity index is 675. The second kappa shape index (κ2) is 9.85. The maximum absolute atomic E-state index is 11.8. The normalized spacial score (nSPS) is 27.6. The number of allylic oxidation sites excluding steroid dienone is 1. The summed E-state index contributed by atoms with van der Waals surface area (Å²) in [5.74, 6) is 0.129. The van der Waals surface area contributed by atoms with E-state index in [-0.39, 0.29) is 18.5 Å². The van der Waals surface area contributed by atoms with Crippen LogP contribution >= 0.6 is 0 Å². The van der Waals surface area contributed by atoms with E-state index in [0.29, 0.717) is 5.76 Å². The van der Waals surface area contributed by atoms with E-state index in [2.05, 4.69) is 20.8 Å². The van der Waals surface area contributed by atoms with Crippen LogP contribution in [0.3, 0.4) is 0 Å². The molecular weight excluding hydrogens is 386 g/mol. The molecule has 2 heterocycles. The molecule has 160 valence electrons. The van der Waals surface area contributed by atoms with Gasteiger partial charge in [0.05, 0.1) is 17.8 Å². The van der Waals surface area contributed by atoms with Crippen molar-refractivity contribution in [3.8, 4) is 0 Å². The standard InChI is InChI=1S/C15H26B2N4O8/c1-7-5-9(19-14(20-16(3)25)21-17(4)26)11(18-8(2)22)13(28-7)12(23)10-6-27-15(24)29-10/h5,9-13,23,25-26H,6H2,1-4H3,(H,18,22)(H2,19,20,21)/t9?,10?,11-,12-,13-/m1/s1. The third-order valence-corrected chi connectivity index (χ3v) is 4.14. The van der Waals surface area contributed by atoms with E-state index < -0.39 is 50.7 Å². The van der Waals surface area contributed by atoms with Gasteiger partial charge in [-0.2, -0.15) is 0 Å². The van der Waals surface area contributed by atoms with Crippen molar-refractivity contribution in [2.75, 3.05) is 6.61 Å². The summed E-state index contributed by atoms with van der Waals surface area (Å²) in [6.45, 7) is 5.72. The highest BCUT2D eigenvalue weighted by atomic mass is 16.8. The zero-order valence-corrected chi connectivity index (χ0v) is 16.7. The second-order valence-corrected chi connectivity index (χ2v) is 6.89. The highest BCUT2D eigenvalue weighted by Gasteiger charge is 2.45. The molecule has 0 radical (unpaired) electrons. The van der Waals surface area contributed by atoms with Gasteiger partial charge in [0.15, 0.2) is 18.2 Å². The van der Waals surface area contributed by atoms with Gasteiger partial charge in [0, 0.05) is 6.92 Å². The van der Waals surface area contributed by atoms with Crippen molar-refractivity contribution < 1.29 is 39.0 Å². The largest absolute Gasteiger partial charge is 0.508 e. The molecule has 1 amide bonds. The first-order valence-electron chi connectivity index (χ1n) is 9.17. The number of amides is 1. The van der Waals surface area contributed by atoms with Gasteiger partial charge < -0.3 is 45.2 Å². The number of hydrogen-bond donors (Lipinski definition) is 6. The lowest BCUT2D eigenvalue weighted by molar-refractivity contribution is -0.124. The number of nitrogens with one attached hydrogen (secondary N) is 3. The molecule has 2 unspecified atom stereocenters. The van der Waals surface area contributed by atoms with Crippen molar-refractivity contribution in [3.05, 3.63) is 11.8 Å². The number of aliphatic hydroxyl groups is 1. The summed E-state index contributed by atoms with van der Waals surface area (Å²) >= 11 is 0. The lowest BCUT2D eigenvalue weighted by Gasteiger charge is -2.40. The molecule has 29 heavy (non-hydrogen) atoms. The maximum atomic E-state index is 11.8. The van der Waals surface area contributed by atoms with Gasteiger partial charge in [0.1, 0.15) is 12.7 Å². The number of nitrogens with zero attached hydrogens (tertiary/aromatic N) is 1. The van der Waals surface area contributed by atoms with Crippen LogP contribution in [0.1, 0.15) is 13.8 Å². The van der Waals surface area contributed by atoms with Crippen LogP contribution in [-0.4, -0.2) is 84.3 Å². The molecule has 0 aromatic rings. The maximum Gasteiger partial charge on any atom is 0.508 e. The summed E-state index contributed by atoms with van der Waals surface area (Å²) in [6.07, 6.45) is -2.48. The highest BCUT2D eigenvalue weighted by Crippen LogP contribution is 2.25. The summed E-state index contributed by atoms with van der Waals surface area (Å²) < 4.78 is 15.4. The van der Waals surface area contributed by atoms with E-state index in [9.17, 15) is 24.7 Å². The SMILES string of the molecule is CB(O)/N=C(/NB(C)O)NC1C=C(C)O[C@@H]([C@H](O)C2COC(=O)O2)[C@@H]1NC(C)=O. The summed E-state index contributed by atoms with van der Waals surface area (Å²) in [5.41, 5.74) is 0. The Labute approximate surface area is 168 Å². The van der Waals surface area contributed by atoms with Crippen molar-refractivity contribution in [2.24, 2.45) is 4.90 Å². The van der Waals surface area contributed by atoms with Crippen LogP contribution in [0.15, 0.2) is 16.7 Å². The number of carbonyl (C=O) groups excluding carboxylic acids is 2. The van der Waals surface area contributed by atoms with Gasteiger partial charge in [0.25, 0.3) is 0 Å². The van der Waals surface area contributed by atoms with Gasteiger partial charge in [-0.1, -0.05) is 0 Å². The van der Waals surface area contributed by atoms with E-state index >= 15 is 0 Å². The van der Waals surface area contributed by atoms with Gasteiger partial charge in [-0.3, -0.25) is 9.70 Å². The molecule has 2 aliphatic heterocycles. The molecule has 0 aromatic carbocycles. The molecule has 0 spiro atoms. The van der Waals surface area contributed by atoms with Crippen molar-refractivity contribution >= 4 is 32.1 Å². The molecule has 0 saturated carbocycles. The number of rotatable bonds is 6. The first-order chi connectivity index (χ1) is 13.6. The number of hydrogen-bond acceptors (Lipinski definition) is 9. The fourth-order valence-corrected chi connectivity index (χ4v) is 3.09. The molecule has 0 aromatic heterocycles. The first-order valence-corrected chi connectivity index (χ1v) is 9.17. The fraction of sp³-hybridized carbons (Fsp3) is 0.667. The molecular formula is C15H26B2N4O8. The van der Waals surface area contributed by atoms with Gasteiger partial charge in [-0.15, -0.1) is 0 Å². The van der Waals surface area contributed by atoms with Gasteiger partial charge in [0.2, 0.25) is 5.91 Å². The predicted octanol–water partition coefficient (Wildman–Crippen LogP) is -2.19. The quantitative estimate of drug-likeness (QED) is 0.122. The number of cyclic esters (lactones) is 2. The first kappa shape index (κ1) is 22.8. The minimum absolute atomic E-state index is 0.0742. The van der Waals surface area contributed by atoms with Crippen LogP contribution in [0.5, 0.6) is 0 Å². The van der Waals surface area contributed by atoms with Crippen LogP contribution in [0.4, 0.5) is 4.79 Å². The van der Waals surface area contributed by atoms with Crippen molar-refractivity contribution in [1.82, 2.24) is 15.9 Å². The fourth-order valence-electron chi connectivity index (χ4n) is 3.09. The average Bonchev–Trinajstić information content (AvgIpc) is 3.01. The third-order valence-electron chi connectivity index (χ3n) is 4.14. The van der Waals surface area contributed by atoms with Crippen LogP contribution in [0, 0.1) is 0 Å². The highest BCUT2D eigenvalue weighted by molar-refractivity contribution is 6.52. The zero-order valence-electron chi connectivity index (χ0n) is 16.7. The summed E-state index contributed by atoms with van der Waals surface area (Å²) in [5, 5.41) is 38.3. The van der Waals surface area contributed by atoms with Crippen LogP contribution in [0.25, 0.3) is 0 Å². The molecule has 0 aliphatic carbocycles. The minimum atomic E-state index is -1.30. The number of guanidine groups is 1. The van der Waals surface area contributed by atoms with Crippen molar-refractivity contribution in [3.63, 3.8) is 0 Å². The lowest BCUT2D eigenvalue weighted by atomic mass is 9.87. The van der Waals surface area contributed by atoms with Crippen LogP contribution in [0.2, 0.25) is 13.6 Å². The summed E-state index contributed by atoms with van der Waals surface area (Å²) in [6, 6.07) is -1.45. The predicted molar refractivity (Wildman–Crippen MR) is 104 cm³/mol. The number of ether oxygens (including phenoxy) is 3. The average molecular weight is 412 g/mol. The van der Waals surface area contributed by atoms with Crippen molar-refractivity contribution in [2.45, 2.75) is 57.9 Å². The van der Waals surface area contributed by atoms with Crippen LogP contribution in [-0.2, 0) is 19.0 Å². The number of carbonyl (C=O) groups is 2. The van der Waals surface area contributed by atoms with E-state index in [1.165, 1.54) is 20.6 Å². The van der Waals surface area contributed by atoms with E-state index in [4.69, 9.17) is 14.2 Å². The Morgan fingerprint density at radius 2 is 2.00 bits per heavy atom. The second-order valence-electron chi connectivity index (χ2n) is 6.89. The Morgan fingerprint density at radius 3 is 2.52 bits per heavy atom. The molecule has 2 rings (SSSR count). The Kier molecular flexibility index (Phi) is 7.76. The monoisotopic (exact) mass is 412 g/mol. The molecule has 2 aliphatic rings. The summed E-state index contributed by atoms with van der Waals surface area (Å²) in [7, 11) is -2.04. The number of aliphatic hydroxyl groups excluding tert-OH is 1. The topological polar surface area (TPSA) is 171 Å². The third kappa shape index (κ3) is 6.54. The molecule has 6 N–H and O–H groups in total. The smallest absolute Gasteiger partial charge is 0.490 e. The van der Waals surface area contributed by atoms with E-state index in [1.807, 2.05) is 0 Å². The van der Waals surface area contributed by atoms with Gasteiger partial charge >= 0.3 is 20.3 Å². The molecule has 1 saturated heterocycles. The minimum Gasteiger partial charge on any atom is -0.490 e. The van der Waals surface area contributed by atoms with Crippen molar-refractivity contribution in [1.29, 1.82) is 0 Å². The zero-order chi connectivity index (χ0) is 21.7. The molecule has 12 nitrogen and oxygen atoms in total. The molecule has 14 heteroatoms. The van der Waals surface area contributed by atoms with Gasteiger partial charge in [-0.05, 0) is 26.6 Å². The molecule has 0 bridgehead atoms. The van der Waals surface area contributed by atoms with Crippen LogP contribution < -0.4 is 15.9 Å². The van der Waals surface area contributed by atoms with E-state index in [1.54, 1.807) is 13.0 Å². The van der Waals surface area contributed by atoms with E-state index in [0.717, 1.165) is 0 Å². The Hall–Kier alpha value is -2.44. The Morgan fingerprint density at radius 1 is 1.31 bits per heavy atom. The molecule has 1 fully saturated rings. The van der Waals surface area contributed by atoms with Gasteiger partial charge in [-0.25, -0.2) is 4.79 Å².